The van der Waals surface area contributed by atoms with Crippen molar-refractivity contribution in [3.05, 3.63) is 32.5 Å². The minimum atomic E-state index is -1.18. The number of H-pyrrole nitrogens is 1. The number of nitriles is 1. The van der Waals surface area contributed by atoms with Gasteiger partial charge in [0.05, 0.1) is 7.11 Å². The summed E-state index contributed by atoms with van der Waals surface area (Å²) >= 11 is 4.51. The van der Waals surface area contributed by atoms with Crippen molar-refractivity contribution >= 4 is 33.7 Å². The number of ether oxygens (including phenoxy) is 2. The number of rotatable bonds is 6. The summed E-state index contributed by atoms with van der Waals surface area (Å²) in [7, 11) is 1.39. The molecule has 0 radical (unpaired) electrons. The van der Waals surface area contributed by atoms with Crippen LogP contribution in [0, 0.1) is 11.3 Å². The van der Waals surface area contributed by atoms with E-state index in [1.807, 2.05) is 6.07 Å². The number of halogens is 1. The number of aliphatic carboxylic acids is 1. The molecule has 2 rings (SSSR count). The molecule has 0 saturated heterocycles. The third-order valence-electron chi connectivity index (χ3n) is 3.04. The molecule has 1 aromatic heterocycles. The summed E-state index contributed by atoms with van der Waals surface area (Å²) in [6.07, 6.45) is 1.72. The number of nitrogens with one attached hydrogen (secondary N) is 1. The molecule has 1 aromatic carbocycles. The molecule has 130 valence electrons. The van der Waals surface area contributed by atoms with Crippen molar-refractivity contribution in [1.29, 1.82) is 5.26 Å². The van der Waals surface area contributed by atoms with Gasteiger partial charge in [0.25, 0.3) is 5.56 Å². The molecule has 0 amide bonds. The van der Waals surface area contributed by atoms with Crippen LogP contribution in [0.4, 0.5) is 0 Å². The molecule has 1 heterocycles. The highest BCUT2D eigenvalue weighted by Crippen LogP contribution is 2.41. The van der Waals surface area contributed by atoms with Crippen LogP contribution in [0.25, 0.3) is 11.3 Å². The maximum absolute atomic E-state index is 12.1. The average Bonchev–Trinajstić information content (AvgIpc) is 2.58. The minimum Gasteiger partial charge on any atom is -0.493 e. The van der Waals surface area contributed by atoms with E-state index in [1.54, 1.807) is 18.4 Å². The summed E-state index contributed by atoms with van der Waals surface area (Å²) in [6, 6.07) is 4.97. The smallest absolute Gasteiger partial charge is 0.341 e. The molecule has 0 fully saturated rings. The number of carboxylic acid groups (broad SMARTS) is 1. The third kappa shape index (κ3) is 4.12. The Morgan fingerprint density at radius 1 is 1.52 bits per heavy atom. The summed E-state index contributed by atoms with van der Waals surface area (Å²) in [6.45, 7) is -0.620. The Balaban J connectivity index is 2.80. The molecule has 0 bridgehead atoms. The second-order valence-corrected chi connectivity index (χ2v) is 6.29. The van der Waals surface area contributed by atoms with Crippen molar-refractivity contribution in [1.82, 2.24) is 9.97 Å². The van der Waals surface area contributed by atoms with E-state index >= 15 is 0 Å². The molecule has 0 saturated carbocycles. The summed E-state index contributed by atoms with van der Waals surface area (Å²) in [5.74, 6) is -0.864. The maximum atomic E-state index is 12.1. The standard InChI is InChI=1S/C15H12BrN3O5S/c1-23-10-4-7(16)3-8(13(10)24-6-11(20)21)12-9(5-17)14(22)19-15(18-12)25-2/h3-4H,6H2,1-2H3,(H,20,21)(H,18,19,22). The highest BCUT2D eigenvalue weighted by atomic mass is 79.9. The van der Waals surface area contributed by atoms with Crippen LogP contribution in [-0.4, -0.2) is 41.0 Å². The molecule has 0 aliphatic carbocycles. The maximum Gasteiger partial charge on any atom is 0.341 e. The SMILES string of the molecule is COc1cc(Br)cc(-c2nc(SC)[nH]c(=O)c2C#N)c1OCC(=O)O. The summed E-state index contributed by atoms with van der Waals surface area (Å²) in [5.41, 5.74) is -0.459. The van der Waals surface area contributed by atoms with Crippen LogP contribution in [0.15, 0.2) is 26.6 Å². The zero-order chi connectivity index (χ0) is 18.6. The highest BCUT2D eigenvalue weighted by Gasteiger charge is 2.21. The number of aromatic nitrogens is 2. The van der Waals surface area contributed by atoms with Crippen molar-refractivity contribution in [3.8, 4) is 28.8 Å². The number of benzene rings is 1. The van der Waals surface area contributed by atoms with E-state index in [0.717, 1.165) is 0 Å². The lowest BCUT2D eigenvalue weighted by atomic mass is 10.1. The molecule has 0 aliphatic heterocycles. The Morgan fingerprint density at radius 2 is 2.24 bits per heavy atom. The Hall–Kier alpha value is -2.51. The molecule has 0 unspecified atom stereocenters. The van der Waals surface area contributed by atoms with Gasteiger partial charge in [-0.1, -0.05) is 27.7 Å². The van der Waals surface area contributed by atoms with Gasteiger partial charge in [0.1, 0.15) is 17.3 Å². The first-order chi connectivity index (χ1) is 11.9. The van der Waals surface area contributed by atoms with E-state index in [2.05, 4.69) is 25.9 Å². The Morgan fingerprint density at radius 3 is 2.80 bits per heavy atom. The number of hydrogen-bond donors (Lipinski definition) is 2. The van der Waals surface area contributed by atoms with Gasteiger partial charge < -0.3 is 19.6 Å². The van der Waals surface area contributed by atoms with Crippen molar-refractivity contribution in [2.45, 2.75) is 5.16 Å². The molecule has 8 nitrogen and oxygen atoms in total. The van der Waals surface area contributed by atoms with Crippen LogP contribution in [-0.2, 0) is 4.79 Å². The van der Waals surface area contributed by atoms with E-state index in [0.29, 0.717) is 9.63 Å². The molecule has 2 N–H and O–H groups in total. The normalized spacial score (nSPS) is 10.2. The number of carboxylic acids is 1. The van der Waals surface area contributed by atoms with Crippen LogP contribution in [0.2, 0.25) is 0 Å². The third-order valence-corrected chi connectivity index (χ3v) is 4.08. The van der Waals surface area contributed by atoms with Crippen molar-refractivity contribution in [3.63, 3.8) is 0 Å². The lowest BCUT2D eigenvalue weighted by Gasteiger charge is -2.15. The van der Waals surface area contributed by atoms with Gasteiger partial charge in [-0.2, -0.15) is 5.26 Å². The van der Waals surface area contributed by atoms with Gasteiger partial charge in [0, 0.05) is 10.0 Å². The van der Waals surface area contributed by atoms with E-state index in [4.69, 9.17) is 14.6 Å². The van der Waals surface area contributed by atoms with Crippen molar-refractivity contribution < 1.29 is 19.4 Å². The summed E-state index contributed by atoms with van der Waals surface area (Å²) < 4.78 is 11.1. The number of thioether (sulfide) groups is 1. The topological polar surface area (TPSA) is 125 Å². The number of aromatic amines is 1. The van der Waals surface area contributed by atoms with Crippen molar-refractivity contribution in [2.24, 2.45) is 0 Å². The highest BCUT2D eigenvalue weighted by molar-refractivity contribution is 9.10. The van der Waals surface area contributed by atoms with Gasteiger partial charge >= 0.3 is 5.97 Å². The second kappa shape index (κ2) is 8.04. The molecule has 0 atom stereocenters. The van der Waals surface area contributed by atoms with Gasteiger partial charge in [0.15, 0.2) is 23.3 Å². The van der Waals surface area contributed by atoms with Gasteiger partial charge in [-0.15, -0.1) is 0 Å². The number of carbonyl (C=O) groups is 1. The average molecular weight is 426 g/mol. The first-order valence-electron chi connectivity index (χ1n) is 6.72. The quantitative estimate of drug-likeness (QED) is 0.532. The van der Waals surface area contributed by atoms with Crippen LogP contribution in [0.1, 0.15) is 5.56 Å². The molecular formula is C15H12BrN3O5S. The largest absolute Gasteiger partial charge is 0.493 e. The molecule has 0 spiro atoms. The molecule has 2 aromatic rings. The number of methoxy groups -OCH3 is 1. The first kappa shape index (κ1) is 18.8. The predicted octanol–water partition coefficient (Wildman–Crippen LogP) is 2.26. The van der Waals surface area contributed by atoms with Crippen LogP contribution in [0.5, 0.6) is 11.5 Å². The van der Waals surface area contributed by atoms with Crippen LogP contribution < -0.4 is 15.0 Å². The minimum absolute atomic E-state index is 0.0785. The summed E-state index contributed by atoms with van der Waals surface area (Å²) in [5, 5.41) is 18.5. The van der Waals surface area contributed by atoms with E-state index in [-0.39, 0.29) is 28.3 Å². The van der Waals surface area contributed by atoms with Crippen LogP contribution >= 0.6 is 27.7 Å². The lowest BCUT2D eigenvalue weighted by molar-refractivity contribution is -0.139. The Bertz CT molecular complexity index is 923. The van der Waals surface area contributed by atoms with Crippen molar-refractivity contribution in [2.75, 3.05) is 20.0 Å². The Kier molecular flexibility index (Phi) is 6.06. The van der Waals surface area contributed by atoms with Crippen LogP contribution in [0.3, 0.4) is 0 Å². The zero-order valence-electron chi connectivity index (χ0n) is 13.1. The van der Waals surface area contributed by atoms with Gasteiger partial charge in [-0.3, -0.25) is 4.79 Å². The summed E-state index contributed by atoms with van der Waals surface area (Å²) in [4.78, 5) is 29.8. The number of hydrogen-bond acceptors (Lipinski definition) is 7. The van der Waals surface area contributed by atoms with Gasteiger partial charge in [-0.25, -0.2) is 9.78 Å². The monoisotopic (exact) mass is 425 g/mol. The van der Waals surface area contributed by atoms with E-state index in [1.165, 1.54) is 18.9 Å². The lowest BCUT2D eigenvalue weighted by Crippen LogP contribution is -2.16. The van der Waals surface area contributed by atoms with Gasteiger partial charge in [-0.05, 0) is 18.4 Å². The molecular weight excluding hydrogens is 414 g/mol. The van der Waals surface area contributed by atoms with E-state index in [9.17, 15) is 14.9 Å². The van der Waals surface area contributed by atoms with E-state index < -0.39 is 18.1 Å². The predicted molar refractivity (Wildman–Crippen MR) is 94.2 cm³/mol. The number of nitrogens with zero attached hydrogens (tertiary/aromatic N) is 2. The fourth-order valence-electron chi connectivity index (χ4n) is 2.03. The molecule has 10 heteroatoms. The molecule has 25 heavy (non-hydrogen) atoms. The molecule has 0 aliphatic rings. The fourth-order valence-corrected chi connectivity index (χ4v) is 2.84. The zero-order valence-corrected chi connectivity index (χ0v) is 15.5. The van der Waals surface area contributed by atoms with Gasteiger partial charge in [0.2, 0.25) is 0 Å². The Labute approximate surface area is 154 Å². The first-order valence-corrected chi connectivity index (χ1v) is 8.74. The fraction of sp³-hybridized carbons (Fsp3) is 0.200. The second-order valence-electron chi connectivity index (χ2n) is 4.58.